The monoisotopic (exact) mass is 198 g/mol. The van der Waals surface area contributed by atoms with Gasteiger partial charge in [0.15, 0.2) is 0 Å². The van der Waals surface area contributed by atoms with Crippen molar-refractivity contribution in [2.75, 3.05) is 0 Å². The van der Waals surface area contributed by atoms with E-state index in [1.54, 1.807) is 6.07 Å². The van der Waals surface area contributed by atoms with Crippen molar-refractivity contribution in [3.05, 3.63) is 29.1 Å². The summed E-state index contributed by atoms with van der Waals surface area (Å²) >= 11 is 0. The van der Waals surface area contributed by atoms with Gasteiger partial charge >= 0.3 is 5.97 Å². The minimum Gasteiger partial charge on any atom is -0.478 e. The molecule has 1 heterocycles. The van der Waals surface area contributed by atoms with Gasteiger partial charge in [-0.05, 0) is 6.07 Å². The molecule has 72 valence electrons. The van der Waals surface area contributed by atoms with Gasteiger partial charge in [-0.15, -0.1) is 0 Å². The molecule has 14 heavy (non-hydrogen) atoms. The fourth-order valence-electron chi connectivity index (χ4n) is 0.857. The van der Waals surface area contributed by atoms with Crippen LogP contribution in [0.2, 0.25) is 0 Å². The lowest BCUT2D eigenvalue weighted by molar-refractivity contribution is 0.0695. The van der Waals surface area contributed by atoms with E-state index in [0.717, 1.165) is 6.20 Å². The number of rotatable bonds is 2. The first-order valence-electron chi connectivity index (χ1n) is 3.47. The first-order valence-corrected chi connectivity index (χ1v) is 3.47. The smallest absolute Gasteiger partial charge is 0.337 e. The molecule has 0 aliphatic heterocycles. The maximum Gasteiger partial charge on any atom is 0.337 e. The summed E-state index contributed by atoms with van der Waals surface area (Å²) in [6.07, 6.45) is -2.02. The first kappa shape index (κ1) is 10.1. The number of aromatic carboxylic acids is 1. The second-order valence-electron chi connectivity index (χ2n) is 2.37. The van der Waals surface area contributed by atoms with Crippen LogP contribution in [0.1, 0.15) is 28.0 Å². The number of aromatic nitrogens is 1. The third kappa shape index (κ3) is 1.82. The number of nitrogens with zero attached hydrogens (tertiary/aromatic N) is 2. The van der Waals surface area contributed by atoms with Crippen LogP contribution in [-0.2, 0) is 0 Å². The topological polar surface area (TPSA) is 74.0 Å². The van der Waals surface area contributed by atoms with Crippen LogP contribution in [0.5, 0.6) is 0 Å². The lowest BCUT2D eigenvalue weighted by atomic mass is 10.1. The number of carboxylic acid groups (broad SMARTS) is 1. The predicted octanol–water partition coefficient (Wildman–Crippen LogP) is 1.59. The molecule has 0 bridgehead atoms. The average molecular weight is 198 g/mol. The van der Waals surface area contributed by atoms with Crippen molar-refractivity contribution in [1.29, 1.82) is 5.26 Å². The van der Waals surface area contributed by atoms with E-state index in [1.807, 2.05) is 0 Å². The predicted molar refractivity (Wildman–Crippen MR) is 40.9 cm³/mol. The summed E-state index contributed by atoms with van der Waals surface area (Å²) in [5.74, 6) is -1.43. The molecule has 0 aromatic carbocycles. The lowest BCUT2D eigenvalue weighted by Crippen LogP contribution is -2.03. The second-order valence-corrected chi connectivity index (χ2v) is 2.37. The van der Waals surface area contributed by atoms with E-state index < -0.39 is 23.7 Å². The Labute approximate surface area is 77.4 Å². The van der Waals surface area contributed by atoms with Gasteiger partial charge < -0.3 is 5.11 Å². The molecule has 0 atom stereocenters. The van der Waals surface area contributed by atoms with E-state index in [2.05, 4.69) is 4.98 Å². The molecule has 0 radical (unpaired) electrons. The summed E-state index contributed by atoms with van der Waals surface area (Å²) in [5, 5.41) is 17.0. The number of halogens is 2. The van der Waals surface area contributed by atoms with Crippen LogP contribution in [0.15, 0.2) is 12.3 Å². The Morgan fingerprint density at radius 2 is 2.29 bits per heavy atom. The zero-order valence-corrected chi connectivity index (χ0v) is 6.74. The number of hydrogen-bond donors (Lipinski definition) is 1. The number of nitriles is 1. The summed E-state index contributed by atoms with van der Waals surface area (Å²) in [6.45, 7) is 0. The van der Waals surface area contributed by atoms with Crippen molar-refractivity contribution < 1.29 is 18.7 Å². The third-order valence-corrected chi connectivity index (χ3v) is 1.50. The first-order chi connectivity index (χ1) is 6.56. The molecule has 0 saturated carbocycles. The van der Waals surface area contributed by atoms with Crippen molar-refractivity contribution in [3.8, 4) is 6.07 Å². The lowest BCUT2D eigenvalue weighted by Gasteiger charge is -2.01. The maximum atomic E-state index is 12.1. The van der Waals surface area contributed by atoms with Gasteiger partial charge in [0.1, 0.15) is 11.8 Å². The molecule has 0 aliphatic carbocycles. The van der Waals surface area contributed by atoms with Crippen molar-refractivity contribution in [2.24, 2.45) is 0 Å². The zero-order valence-electron chi connectivity index (χ0n) is 6.74. The van der Waals surface area contributed by atoms with Crippen LogP contribution in [0.25, 0.3) is 0 Å². The Balaban J connectivity index is 3.30. The largest absolute Gasteiger partial charge is 0.478 e. The third-order valence-electron chi connectivity index (χ3n) is 1.50. The standard InChI is InChI=1S/C8H4F2N2O2/c9-7(10)6-1-5(8(13)14)4(2-11)3-12-6/h1,3,7H,(H,13,14). The SMILES string of the molecule is N#Cc1cnc(C(F)F)cc1C(=O)O. The molecule has 0 spiro atoms. The highest BCUT2D eigenvalue weighted by Gasteiger charge is 2.16. The summed E-state index contributed by atoms with van der Waals surface area (Å²) < 4.78 is 24.2. The Morgan fingerprint density at radius 3 is 2.71 bits per heavy atom. The van der Waals surface area contributed by atoms with E-state index in [1.165, 1.54) is 0 Å². The van der Waals surface area contributed by atoms with E-state index in [0.29, 0.717) is 6.07 Å². The van der Waals surface area contributed by atoms with Gasteiger partial charge in [-0.2, -0.15) is 5.26 Å². The van der Waals surface area contributed by atoms with Crippen molar-refractivity contribution >= 4 is 5.97 Å². The number of alkyl halides is 2. The van der Waals surface area contributed by atoms with Crippen LogP contribution >= 0.6 is 0 Å². The van der Waals surface area contributed by atoms with Gasteiger partial charge in [-0.25, -0.2) is 13.6 Å². The van der Waals surface area contributed by atoms with E-state index in [-0.39, 0.29) is 5.56 Å². The van der Waals surface area contributed by atoms with Crippen molar-refractivity contribution in [2.45, 2.75) is 6.43 Å². The molecule has 0 fully saturated rings. The van der Waals surface area contributed by atoms with E-state index >= 15 is 0 Å². The molecule has 0 saturated heterocycles. The summed E-state index contributed by atoms with van der Waals surface area (Å²) in [7, 11) is 0. The number of carbonyl (C=O) groups is 1. The number of carboxylic acids is 1. The van der Waals surface area contributed by atoms with E-state index in [4.69, 9.17) is 10.4 Å². The van der Waals surface area contributed by atoms with E-state index in [9.17, 15) is 13.6 Å². The molecule has 0 unspecified atom stereocenters. The number of hydrogen-bond acceptors (Lipinski definition) is 3. The normalized spacial score (nSPS) is 9.86. The Morgan fingerprint density at radius 1 is 1.64 bits per heavy atom. The molecule has 1 aromatic rings. The van der Waals surface area contributed by atoms with Crippen molar-refractivity contribution in [1.82, 2.24) is 4.98 Å². The van der Waals surface area contributed by atoms with Gasteiger partial charge in [-0.1, -0.05) is 0 Å². The number of pyridine rings is 1. The Kier molecular flexibility index (Phi) is 2.72. The molecule has 4 nitrogen and oxygen atoms in total. The quantitative estimate of drug-likeness (QED) is 0.782. The second kappa shape index (κ2) is 3.79. The molecule has 1 rings (SSSR count). The minimum absolute atomic E-state index is 0.234. The van der Waals surface area contributed by atoms with Crippen LogP contribution in [0, 0.1) is 11.3 Å². The average Bonchev–Trinajstić information content (AvgIpc) is 2.16. The molecule has 0 amide bonds. The van der Waals surface area contributed by atoms with Gasteiger partial charge in [0.05, 0.1) is 11.1 Å². The molecular weight excluding hydrogens is 194 g/mol. The van der Waals surface area contributed by atoms with Gasteiger partial charge in [0.25, 0.3) is 6.43 Å². The fourth-order valence-corrected chi connectivity index (χ4v) is 0.857. The molecule has 1 N–H and O–H groups in total. The van der Waals surface area contributed by atoms with Gasteiger partial charge in [0.2, 0.25) is 0 Å². The van der Waals surface area contributed by atoms with Crippen LogP contribution in [0.4, 0.5) is 8.78 Å². The summed E-state index contributed by atoms with van der Waals surface area (Å²) in [6, 6.07) is 2.25. The van der Waals surface area contributed by atoms with Crippen molar-refractivity contribution in [3.63, 3.8) is 0 Å². The van der Waals surface area contributed by atoms with Gasteiger partial charge in [-0.3, -0.25) is 4.98 Å². The van der Waals surface area contributed by atoms with Crippen LogP contribution < -0.4 is 0 Å². The maximum absolute atomic E-state index is 12.1. The fraction of sp³-hybridized carbons (Fsp3) is 0.125. The molecule has 1 aromatic heterocycles. The molecule has 6 heteroatoms. The Hall–Kier alpha value is -2.03. The Bertz CT molecular complexity index is 412. The summed E-state index contributed by atoms with van der Waals surface area (Å²) in [4.78, 5) is 13.8. The molecule has 0 aliphatic rings. The highest BCUT2D eigenvalue weighted by Crippen LogP contribution is 2.18. The van der Waals surface area contributed by atoms with Crippen LogP contribution in [-0.4, -0.2) is 16.1 Å². The zero-order chi connectivity index (χ0) is 10.7. The highest BCUT2D eigenvalue weighted by atomic mass is 19.3. The van der Waals surface area contributed by atoms with Crippen LogP contribution in [0.3, 0.4) is 0 Å². The molecular formula is C8H4F2N2O2. The minimum atomic E-state index is -2.85. The summed E-state index contributed by atoms with van der Waals surface area (Å²) in [5.41, 5.74) is -1.35. The van der Waals surface area contributed by atoms with Gasteiger partial charge in [0, 0.05) is 6.20 Å². The highest BCUT2D eigenvalue weighted by molar-refractivity contribution is 5.90.